The van der Waals surface area contributed by atoms with E-state index in [4.69, 9.17) is 5.11 Å². The summed E-state index contributed by atoms with van der Waals surface area (Å²) in [4.78, 5) is 27.1. The summed E-state index contributed by atoms with van der Waals surface area (Å²) in [6, 6.07) is 7.22. The van der Waals surface area contributed by atoms with Gasteiger partial charge in [-0.3, -0.25) is 14.2 Å². The number of hydrogen-bond donors (Lipinski definition) is 1. The number of carbonyl (C=O) groups is 1. The first-order valence-electron chi connectivity index (χ1n) is 5.85. The summed E-state index contributed by atoms with van der Waals surface area (Å²) in [5, 5.41) is 9.16. The smallest absolute Gasteiger partial charge is 0.304 e. The summed E-state index contributed by atoms with van der Waals surface area (Å²) in [5.41, 5.74) is 0.614. The van der Waals surface area contributed by atoms with Gasteiger partial charge in [0.1, 0.15) is 5.82 Å². The van der Waals surface area contributed by atoms with Gasteiger partial charge >= 0.3 is 5.97 Å². The molecule has 0 amide bonds. The van der Waals surface area contributed by atoms with Crippen LogP contribution < -0.4 is 5.56 Å². The number of nitrogens with zero attached hydrogens (tertiary/aromatic N) is 2. The lowest BCUT2D eigenvalue weighted by Gasteiger charge is -2.09. The zero-order chi connectivity index (χ0) is 13.8. The third-order valence-electron chi connectivity index (χ3n) is 2.73. The van der Waals surface area contributed by atoms with E-state index in [0.29, 0.717) is 28.4 Å². The van der Waals surface area contributed by atoms with Gasteiger partial charge in [-0.15, -0.1) is 11.8 Å². The molecule has 5 nitrogen and oxygen atoms in total. The van der Waals surface area contributed by atoms with Crippen LogP contribution >= 0.6 is 11.8 Å². The molecular formula is C13H14N2O3S. The van der Waals surface area contributed by atoms with Gasteiger partial charge in [-0.05, 0) is 19.1 Å². The molecule has 1 aromatic carbocycles. The SMILES string of the molecule is Cc1nc2ccccc2c(=O)n1CSCCC(=O)O. The van der Waals surface area contributed by atoms with E-state index in [0.717, 1.165) is 0 Å². The number of rotatable bonds is 5. The van der Waals surface area contributed by atoms with E-state index in [2.05, 4.69) is 4.98 Å². The van der Waals surface area contributed by atoms with Crippen LogP contribution in [0.1, 0.15) is 12.2 Å². The number of thioether (sulfide) groups is 1. The van der Waals surface area contributed by atoms with Gasteiger partial charge in [-0.1, -0.05) is 12.1 Å². The highest BCUT2D eigenvalue weighted by Crippen LogP contribution is 2.11. The molecule has 2 aromatic rings. The fourth-order valence-electron chi connectivity index (χ4n) is 1.75. The summed E-state index contributed by atoms with van der Waals surface area (Å²) < 4.78 is 1.58. The van der Waals surface area contributed by atoms with Crippen molar-refractivity contribution in [3.8, 4) is 0 Å². The molecule has 1 heterocycles. The average Bonchev–Trinajstić information content (AvgIpc) is 2.37. The van der Waals surface area contributed by atoms with Gasteiger partial charge in [0.15, 0.2) is 0 Å². The Morgan fingerprint density at radius 2 is 2.16 bits per heavy atom. The number of fused-ring (bicyclic) bond motifs is 1. The van der Waals surface area contributed by atoms with Crippen LogP contribution in [0.5, 0.6) is 0 Å². The van der Waals surface area contributed by atoms with Crippen molar-refractivity contribution in [2.45, 2.75) is 19.2 Å². The molecule has 0 aliphatic carbocycles. The van der Waals surface area contributed by atoms with Gasteiger partial charge < -0.3 is 5.11 Å². The molecule has 19 heavy (non-hydrogen) atoms. The van der Waals surface area contributed by atoms with Crippen LogP contribution in [-0.4, -0.2) is 26.4 Å². The van der Waals surface area contributed by atoms with Crippen LogP contribution in [0, 0.1) is 6.92 Å². The molecule has 0 radical (unpaired) electrons. The number of aromatic nitrogens is 2. The molecule has 0 saturated carbocycles. The molecule has 0 saturated heterocycles. The summed E-state index contributed by atoms with van der Waals surface area (Å²) in [6.07, 6.45) is 0.0967. The molecule has 0 unspecified atom stereocenters. The first-order chi connectivity index (χ1) is 9.09. The topological polar surface area (TPSA) is 72.2 Å². The Balaban J connectivity index is 2.23. The Morgan fingerprint density at radius 1 is 1.42 bits per heavy atom. The standard InChI is InChI=1S/C13H14N2O3S/c1-9-14-11-5-3-2-4-10(11)13(18)15(9)8-19-7-6-12(16)17/h2-5H,6-8H2,1H3,(H,16,17). The van der Waals surface area contributed by atoms with E-state index in [9.17, 15) is 9.59 Å². The number of carboxylic acids is 1. The first kappa shape index (κ1) is 13.6. The summed E-state index contributed by atoms with van der Waals surface area (Å²) in [5.74, 6) is 0.726. The van der Waals surface area contributed by atoms with Crippen molar-refractivity contribution in [2.75, 3.05) is 5.75 Å². The molecular weight excluding hydrogens is 264 g/mol. The minimum absolute atomic E-state index is 0.0778. The summed E-state index contributed by atoms with van der Waals surface area (Å²) in [6.45, 7) is 1.78. The van der Waals surface area contributed by atoms with Gasteiger partial charge in [-0.2, -0.15) is 0 Å². The van der Waals surface area contributed by atoms with Gasteiger partial charge in [0.05, 0.1) is 23.2 Å². The maximum atomic E-state index is 12.3. The highest BCUT2D eigenvalue weighted by atomic mass is 32.2. The van der Waals surface area contributed by atoms with E-state index in [-0.39, 0.29) is 12.0 Å². The van der Waals surface area contributed by atoms with Crippen LogP contribution in [0.4, 0.5) is 0 Å². The molecule has 2 rings (SSSR count). The number of hydrogen-bond acceptors (Lipinski definition) is 4. The lowest BCUT2D eigenvalue weighted by molar-refractivity contribution is -0.136. The minimum Gasteiger partial charge on any atom is -0.481 e. The predicted molar refractivity (Wildman–Crippen MR) is 75.5 cm³/mol. The Morgan fingerprint density at radius 3 is 2.89 bits per heavy atom. The molecule has 0 bridgehead atoms. The van der Waals surface area contributed by atoms with Crippen molar-refractivity contribution < 1.29 is 9.90 Å². The Kier molecular flexibility index (Phi) is 4.21. The molecule has 6 heteroatoms. The molecule has 100 valence electrons. The fraction of sp³-hybridized carbons (Fsp3) is 0.308. The van der Waals surface area contributed by atoms with Crippen molar-refractivity contribution in [3.05, 3.63) is 40.4 Å². The van der Waals surface area contributed by atoms with E-state index in [1.807, 2.05) is 18.2 Å². The van der Waals surface area contributed by atoms with Gasteiger partial charge in [0.2, 0.25) is 0 Å². The second-order valence-electron chi connectivity index (χ2n) is 4.09. The highest BCUT2D eigenvalue weighted by Gasteiger charge is 2.07. The predicted octanol–water partition coefficient (Wildman–Crippen LogP) is 1.87. The number of para-hydroxylation sites is 1. The quantitative estimate of drug-likeness (QED) is 0.845. The number of aryl methyl sites for hydroxylation is 1. The lowest BCUT2D eigenvalue weighted by Crippen LogP contribution is -2.23. The Bertz CT molecular complexity index is 666. The Hall–Kier alpha value is -1.82. The Labute approximate surface area is 114 Å². The number of carboxylic acid groups (broad SMARTS) is 1. The highest BCUT2D eigenvalue weighted by molar-refractivity contribution is 7.98. The van der Waals surface area contributed by atoms with Crippen molar-refractivity contribution in [1.82, 2.24) is 9.55 Å². The van der Waals surface area contributed by atoms with Crippen LogP contribution in [0.15, 0.2) is 29.1 Å². The van der Waals surface area contributed by atoms with Crippen LogP contribution in [0.2, 0.25) is 0 Å². The maximum absolute atomic E-state index is 12.3. The fourth-order valence-corrected chi connectivity index (χ4v) is 2.68. The molecule has 0 spiro atoms. The van der Waals surface area contributed by atoms with Gasteiger partial charge in [0.25, 0.3) is 5.56 Å². The average molecular weight is 278 g/mol. The lowest BCUT2D eigenvalue weighted by atomic mass is 10.2. The van der Waals surface area contributed by atoms with Crippen LogP contribution in [0.25, 0.3) is 10.9 Å². The zero-order valence-electron chi connectivity index (χ0n) is 10.5. The second-order valence-corrected chi connectivity index (χ2v) is 5.17. The number of benzene rings is 1. The molecule has 1 N–H and O–H groups in total. The summed E-state index contributed by atoms with van der Waals surface area (Å²) in [7, 11) is 0. The molecule has 0 fully saturated rings. The van der Waals surface area contributed by atoms with Crippen LogP contribution in [-0.2, 0) is 10.7 Å². The van der Waals surface area contributed by atoms with Crippen molar-refractivity contribution >= 4 is 28.6 Å². The minimum atomic E-state index is -0.826. The third-order valence-corrected chi connectivity index (χ3v) is 3.67. The van der Waals surface area contributed by atoms with E-state index in [1.165, 1.54) is 11.8 Å². The molecule has 0 atom stereocenters. The molecule has 1 aromatic heterocycles. The molecule has 0 aliphatic heterocycles. The first-order valence-corrected chi connectivity index (χ1v) is 7.01. The van der Waals surface area contributed by atoms with Crippen molar-refractivity contribution in [1.29, 1.82) is 0 Å². The van der Waals surface area contributed by atoms with E-state index >= 15 is 0 Å². The summed E-state index contributed by atoms with van der Waals surface area (Å²) >= 11 is 1.41. The van der Waals surface area contributed by atoms with Crippen LogP contribution in [0.3, 0.4) is 0 Å². The third kappa shape index (κ3) is 3.14. The molecule has 0 aliphatic rings. The normalized spacial score (nSPS) is 10.8. The largest absolute Gasteiger partial charge is 0.481 e. The zero-order valence-corrected chi connectivity index (χ0v) is 11.3. The van der Waals surface area contributed by atoms with E-state index < -0.39 is 5.97 Å². The monoisotopic (exact) mass is 278 g/mol. The maximum Gasteiger partial charge on any atom is 0.304 e. The van der Waals surface area contributed by atoms with E-state index in [1.54, 1.807) is 17.6 Å². The van der Waals surface area contributed by atoms with Crippen molar-refractivity contribution in [2.24, 2.45) is 0 Å². The van der Waals surface area contributed by atoms with Crippen molar-refractivity contribution in [3.63, 3.8) is 0 Å². The van der Waals surface area contributed by atoms with Gasteiger partial charge in [-0.25, -0.2) is 4.98 Å². The second kappa shape index (κ2) is 5.88. The number of aliphatic carboxylic acids is 1. The van der Waals surface area contributed by atoms with Gasteiger partial charge in [0, 0.05) is 5.75 Å².